The van der Waals surface area contributed by atoms with E-state index in [4.69, 9.17) is 4.42 Å². The van der Waals surface area contributed by atoms with Crippen molar-refractivity contribution in [1.82, 2.24) is 0 Å². The fourth-order valence-electron chi connectivity index (χ4n) is 4.17. The van der Waals surface area contributed by atoms with Crippen LogP contribution in [-0.2, 0) is 41.5 Å². The molecule has 0 saturated heterocycles. The van der Waals surface area contributed by atoms with E-state index in [1.807, 2.05) is 18.2 Å². The maximum absolute atomic E-state index is 5.23. The van der Waals surface area contributed by atoms with Crippen molar-refractivity contribution in [3.05, 3.63) is 101 Å². The van der Waals surface area contributed by atoms with Gasteiger partial charge in [-0.1, -0.05) is 89.1 Å². The average molecular weight is 556 g/mol. The van der Waals surface area contributed by atoms with Gasteiger partial charge in [0.15, 0.2) is 0 Å². The van der Waals surface area contributed by atoms with E-state index in [1.165, 1.54) is 36.6 Å². The van der Waals surface area contributed by atoms with Gasteiger partial charge in [0.05, 0.1) is 12.0 Å². The Bertz CT molecular complexity index is 1190. The third-order valence-corrected chi connectivity index (χ3v) is 6.26. The number of furan rings is 1. The number of benzene rings is 2. The molecule has 0 spiro atoms. The minimum atomic E-state index is 0.177. The van der Waals surface area contributed by atoms with Crippen LogP contribution in [0.2, 0.25) is 0 Å². The van der Waals surface area contributed by atoms with E-state index in [-0.39, 0.29) is 10.8 Å². The molecule has 36 heavy (non-hydrogen) atoms. The van der Waals surface area contributed by atoms with Crippen LogP contribution in [0.5, 0.6) is 0 Å². The second-order valence-corrected chi connectivity index (χ2v) is 14.5. The number of hydrogen-bond acceptors (Lipinski definition) is 1. The second-order valence-electron chi connectivity index (χ2n) is 12.0. The van der Waals surface area contributed by atoms with Crippen LogP contribution in [0.4, 0.5) is 0 Å². The first-order valence-corrected chi connectivity index (χ1v) is 14.0. The summed E-state index contributed by atoms with van der Waals surface area (Å²) < 4.78 is 6.73. The topological polar surface area (TPSA) is 13.1 Å². The zero-order valence-electron chi connectivity index (χ0n) is 23.5. The first kappa shape index (κ1) is 28.5. The summed E-state index contributed by atoms with van der Waals surface area (Å²) in [4.78, 5) is 0. The van der Waals surface area contributed by atoms with Crippen LogP contribution in [0.25, 0.3) is 16.7 Å². The predicted molar refractivity (Wildman–Crippen MR) is 151 cm³/mol. The Morgan fingerprint density at radius 2 is 1.58 bits per heavy atom. The van der Waals surface area contributed by atoms with Gasteiger partial charge < -0.3 is 4.42 Å². The van der Waals surface area contributed by atoms with E-state index in [9.17, 15) is 0 Å². The van der Waals surface area contributed by atoms with Gasteiger partial charge in [-0.25, -0.2) is 6.08 Å². The fraction of sp³-hybridized carbons (Fsp3) is 0.382. The van der Waals surface area contributed by atoms with Crippen molar-refractivity contribution in [2.24, 2.45) is 5.92 Å². The molecule has 1 heterocycles. The van der Waals surface area contributed by atoms with E-state index in [0.29, 0.717) is 5.92 Å². The normalized spacial score (nSPS) is 15.8. The van der Waals surface area contributed by atoms with Crippen molar-refractivity contribution in [1.29, 1.82) is 0 Å². The molecule has 1 atom stereocenters. The molecule has 1 unspecified atom stereocenters. The van der Waals surface area contributed by atoms with E-state index in [1.54, 1.807) is 30.5 Å². The second kappa shape index (κ2) is 11.6. The van der Waals surface area contributed by atoms with Gasteiger partial charge >= 0.3 is 41.3 Å². The summed E-state index contributed by atoms with van der Waals surface area (Å²) in [6, 6.07) is 18.9. The molecule has 0 aliphatic heterocycles. The molecular formula is C34H40OZr. The molecule has 186 valence electrons. The van der Waals surface area contributed by atoms with E-state index < -0.39 is 0 Å². The first-order chi connectivity index (χ1) is 16.8. The Morgan fingerprint density at radius 3 is 2.11 bits per heavy atom. The minimum absolute atomic E-state index is 0.177. The number of rotatable bonds is 1. The van der Waals surface area contributed by atoms with Crippen LogP contribution in [-0.4, -0.2) is 3.21 Å². The van der Waals surface area contributed by atoms with Crippen molar-refractivity contribution in [3.63, 3.8) is 0 Å². The summed E-state index contributed by atoms with van der Waals surface area (Å²) in [5.41, 5.74) is 9.90. The molecule has 0 amide bonds. The summed E-state index contributed by atoms with van der Waals surface area (Å²) in [7, 11) is 0. The van der Waals surface area contributed by atoms with Gasteiger partial charge in [0, 0.05) is 0 Å². The molecule has 2 aliphatic carbocycles. The number of hydrogen-bond donors (Lipinski definition) is 0. The zero-order valence-corrected chi connectivity index (χ0v) is 25.9. The van der Waals surface area contributed by atoms with Crippen LogP contribution < -0.4 is 0 Å². The summed E-state index contributed by atoms with van der Waals surface area (Å²) in [5.74, 6) is 1.36. The van der Waals surface area contributed by atoms with E-state index in [0.717, 1.165) is 17.8 Å². The van der Waals surface area contributed by atoms with Gasteiger partial charge in [0.25, 0.3) is 0 Å². The quantitative estimate of drug-likeness (QED) is 0.214. The number of allylic oxidation sites excluding steroid dienone is 4. The molecule has 0 bridgehead atoms. The van der Waals surface area contributed by atoms with Crippen molar-refractivity contribution >= 4 is 8.78 Å². The zero-order chi connectivity index (χ0) is 26.7. The van der Waals surface area contributed by atoms with Crippen LogP contribution in [0.1, 0.15) is 90.3 Å². The Morgan fingerprint density at radius 1 is 0.944 bits per heavy atom. The monoisotopic (exact) mass is 554 g/mol. The average Bonchev–Trinajstić information content (AvgIpc) is 3.51. The van der Waals surface area contributed by atoms with Crippen molar-refractivity contribution in [2.45, 2.75) is 79.6 Å². The van der Waals surface area contributed by atoms with Gasteiger partial charge in [-0.2, -0.15) is 35.4 Å². The van der Waals surface area contributed by atoms with Crippen molar-refractivity contribution in [3.8, 4) is 11.1 Å². The molecule has 0 radical (unpaired) electrons. The Labute approximate surface area is 234 Å². The Hall–Kier alpha value is -2.05. The van der Waals surface area contributed by atoms with Crippen LogP contribution in [0, 0.1) is 18.1 Å². The van der Waals surface area contributed by atoms with Gasteiger partial charge in [0.2, 0.25) is 0 Å². The first-order valence-electron chi connectivity index (χ1n) is 12.8. The van der Waals surface area contributed by atoms with Crippen LogP contribution in [0.15, 0.2) is 65.3 Å². The van der Waals surface area contributed by atoms with Crippen LogP contribution in [0.3, 0.4) is 0 Å². The third kappa shape index (κ3) is 7.49. The number of fused-ring (bicyclic) bond motifs is 3. The molecule has 0 saturated carbocycles. The molecule has 5 rings (SSSR count). The molecule has 2 heteroatoms. The van der Waals surface area contributed by atoms with Crippen molar-refractivity contribution in [2.75, 3.05) is 0 Å². The van der Waals surface area contributed by atoms with Gasteiger partial charge in [0.1, 0.15) is 0 Å². The SMILES string of the molecule is CC(C)(C)c1c[c-]c2c(c1)-c1cc(C(C)(C)C)ccc1C2.CC1[C-]=CC(c2ccco2)=C1.C[C](C)=[Zr+2]. The van der Waals surface area contributed by atoms with Gasteiger partial charge in [-0.15, -0.1) is 11.1 Å². The summed E-state index contributed by atoms with van der Waals surface area (Å²) in [6.07, 6.45) is 10.0. The predicted octanol–water partition coefficient (Wildman–Crippen LogP) is 9.07. The van der Waals surface area contributed by atoms with Gasteiger partial charge in [-0.05, 0) is 29.5 Å². The fourth-order valence-corrected chi connectivity index (χ4v) is 4.17. The molecule has 0 fully saturated rings. The molecule has 3 aromatic rings. The molecule has 2 aromatic carbocycles. The standard InChI is InChI=1S/C21H25.C10H9O.C3H6.Zr/c1-20(2,3)16-9-7-14-11-15-8-10-17(21(4,5)6)13-19(15)18(14)12-16;1-8-4-5-9(7-8)10-3-2-6-11-10;1-3-2;/h7,9-10,12-13H,11H2,1-6H3;2-3,5-8H,1H3;1-2H3;/q2*-1;;+2. The van der Waals surface area contributed by atoms with E-state index in [2.05, 4.69) is 111 Å². The molecule has 2 aliphatic rings. The van der Waals surface area contributed by atoms with Gasteiger partial charge in [-0.3, -0.25) is 6.08 Å². The third-order valence-electron chi connectivity index (χ3n) is 6.26. The summed E-state index contributed by atoms with van der Waals surface area (Å²) in [5, 5.41) is 0. The maximum atomic E-state index is 5.23. The Balaban J connectivity index is 0.000000200. The molecule has 0 N–H and O–H groups in total. The van der Waals surface area contributed by atoms with Crippen LogP contribution >= 0.6 is 0 Å². The molecule has 1 nitrogen and oxygen atoms in total. The summed E-state index contributed by atoms with van der Waals surface area (Å²) >= 11 is 1.55. The summed E-state index contributed by atoms with van der Waals surface area (Å²) in [6.45, 7) is 20.0. The van der Waals surface area contributed by atoms with E-state index >= 15 is 0 Å². The van der Waals surface area contributed by atoms with Crippen molar-refractivity contribution < 1.29 is 28.7 Å². The molecular weight excluding hydrogens is 516 g/mol. The Kier molecular flexibility index (Phi) is 9.16. The molecule has 1 aromatic heterocycles.